The van der Waals surface area contributed by atoms with Gasteiger partial charge in [-0.15, -0.1) is 11.3 Å². The van der Waals surface area contributed by atoms with E-state index in [-0.39, 0.29) is 11.9 Å². The Morgan fingerprint density at radius 3 is 2.47 bits per heavy atom. The summed E-state index contributed by atoms with van der Waals surface area (Å²) in [6.07, 6.45) is 0. The molecule has 0 unspecified atom stereocenters. The van der Waals surface area contributed by atoms with E-state index in [0.717, 1.165) is 15.3 Å². The van der Waals surface area contributed by atoms with Crippen molar-refractivity contribution in [2.75, 3.05) is 0 Å². The number of amides is 1. The van der Waals surface area contributed by atoms with E-state index in [4.69, 9.17) is 0 Å². The monoisotopic (exact) mass is 245 g/mol. The third kappa shape index (κ3) is 2.94. The van der Waals surface area contributed by atoms with E-state index < -0.39 is 0 Å². The number of hydrogen-bond donors (Lipinski definition) is 1. The lowest BCUT2D eigenvalue weighted by Gasteiger charge is -2.05. The highest BCUT2D eigenvalue weighted by molar-refractivity contribution is 7.17. The minimum Gasteiger partial charge on any atom is -0.349 e. The minimum atomic E-state index is 0.00665. The summed E-state index contributed by atoms with van der Waals surface area (Å²) in [4.78, 5) is 13.7. The van der Waals surface area contributed by atoms with Gasteiger partial charge in [0.05, 0.1) is 4.88 Å². The zero-order valence-electron chi connectivity index (χ0n) is 9.94. The van der Waals surface area contributed by atoms with E-state index in [9.17, 15) is 4.79 Å². The fourth-order valence-electron chi connectivity index (χ4n) is 1.55. The largest absolute Gasteiger partial charge is 0.349 e. The molecule has 0 atom stereocenters. The molecule has 1 heterocycles. The Bertz CT molecular complexity index is 502. The summed E-state index contributed by atoms with van der Waals surface area (Å²) in [6, 6.07) is 14.1. The SMILES string of the molecule is CC(C)NC(=O)c1ccc(-c2ccccc2)s1. The number of thiophene rings is 1. The molecule has 2 aromatic rings. The van der Waals surface area contributed by atoms with Crippen LogP contribution in [-0.4, -0.2) is 11.9 Å². The topological polar surface area (TPSA) is 29.1 Å². The quantitative estimate of drug-likeness (QED) is 0.880. The van der Waals surface area contributed by atoms with Crippen molar-refractivity contribution in [3.63, 3.8) is 0 Å². The lowest BCUT2D eigenvalue weighted by molar-refractivity contribution is 0.0947. The maximum absolute atomic E-state index is 11.8. The molecule has 1 aromatic carbocycles. The molecule has 3 heteroatoms. The lowest BCUT2D eigenvalue weighted by Crippen LogP contribution is -2.29. The van der Waals surface area contributed by atoms with E-state index in [1.165, 1.54) is 11.3 Å². The fourth-order valence-corrected chi connectivity index (χ4v) is 2.47. The standard InChI is InChI=1S/C14H15NOS/c1-10(2)15-14(16)13-9-8-12(17-13)11-6-4-3-5-7-11/h3-10H,1-2H3,(H,15,16). The van der Waals surface area contributed by atoms with Crippen molar-refractivity contribution in [2.24, 2.45) is 0 Å². The molecule has 0 saturated carbocycles. The number of carbonyl (C=O) groups excluding carboxylic acids is 1. The molecule has 0 fully saturated rings. The Labute approximate surface area is 105 Å². The van der Waals surface area contributed by atoms with Crippen molar-refractivity contribution in [3.8, 4) is 10.4 Å². The van der Waals surface area contributed by atoms with E-state index in [2.05, 4.69) is 17.4 Å². The van der Waals surface area contributed by atoms with Gasteiger partial charge in [0.25, 0.3) is 5.91 Å². The van der Waals surface area contributed by atoms with Crippen molar-refractivity contribution in [1.82, 2.24) is 5.32 Å². The van der Waals surface area contributed by atoms with Gasteiger partial charge in [0, 0.05) is 10.9 Å². The van der Waals surface area contributed by atoms with Crippen LogP contribution in [0.5, 0.6) is 0 Å². The Kier molecular flexibility index (Phi) is 3.59. The van der Waals surface area contributed by atoms with Gasteiger partial charge in [0.2, 0.25) is 0 Å². The molecule has 1 aromatic heterocycles. The van der Waals surface area contributed by atoms with E-state index in [1.807, 2.05) is 44.2 Å². The van der Waals surface area contributed by atoms with E-state index in [1.54, 1.807) is 0 Å². The van der Waals surface area contributed by atoms with E-state index in [0.29, 0.717) is 0 Å². The van der Waals surface area contributed by atoms with E-state index >= 15 is 0 Å². The maximum atomic E-state index is 11.8. The van der Waals surface area contributed by atoms with Gasteiger partial charge >= 0.3 is 0 Å². The van der Waals surface area contributed by atoms with Crippen LogP contribution in [0, 0.1) is 0 Å². The van der Waals surface area contributed by atoms with Crippen molar-refractivity contribution >= 4 is 17.2 Å². The maximum Gasteiger partial charge on any atom is 0.261 e. The molecular formula is C14H15NOS. The second-order valence-corrected chi connectivity index (χ2v) is 5.24. The number of benzene rings is 1. The van der Waals surface area contributed by atoms with Crippen LogP contribution >= 0.6 is 11.3 Å². The summed E-state index contributed by atoms with van der Waals surface area (Å²) in [5.41, 5.74) is 1.15. The van der Waals surface area contributed by atoms with Gasteiger partial charge in [-0.25, -0.2) is 0 Å². The molecule has 17 heavy (non-hydrogen) atoms. The summed E-state index contributed by atoms with van der Waals surface area (Å²) in [6.45, 7) is 3.92. The van der Waals surface area contributed by atoms with Crippen LogP contribution < -0.4 is 5.32 Å². The van der Waals surface area contributed by atoms with Crippen molar-refractivity contribution in [1.29, 1.82) is 0 Å². The zero-order chi connectivity index (χ0) is 12.3. The summed E-state index contributed by atoms with van der Waals surface area (Å²) < 4.78 is 0. The molecule has 88 valence electrons. The molecule has 0 radical (unpaired) electrons. The molecule has 0 saturated heterocycles. The van der Waals surface area contributed by atoms with Gasteiger partial charge in [0.1, 0.15) is 0 Å². The Hall–Kier alpha value is -1.61. The highest BCUT2D eigenvalue weighted by Crippen LogP contribution is 2.27. The molecule has 1 amide bonds. The first-order valence-electron chi connectivity index (χ1n) is 5.63. The molecule has 0 aliphatic heterocycles. The number of nitrogens with one attached hydrogen (secondary N) is 1. The molecule has 2 rings (SSSR count). The number of hydrogen-bond acceptors (Lipinski definition) is 2. The van der Waals surface area contributed by atoms with Crippen LogP contribution in [0.1, 0.15) is 23.5 Å². The van der Waals surface area contributed by atoms with Gasteiger partial charge in [0.15, 0.2) is 0 Å². The van der Waals surface area contributed by atoms with Gasteiger partial charge in [-0.2, -0.15) is 0 Å². The number of rotatable bonds is 3. The summed E-state index contributed by atoms with van der Waals surface area (Å²) in [7, 11) is 0. The molecular weight excluding hydrogens is 230 g/mol. The van der Waals surface area contributed by atoms with Crippen LogP contribution in [0.25, 0.3) is 10.4 Å². The van der Waals surface area contributed by atoms with Crippen LogP contribution in [0.3, 0.4) is 0 Å². The van der Waals surface area contributed by atoms with Crippen LogP contribution in [-0.2, 0) is 0 Å². The Morgan fingerprint density at radius 1 is 1.12 bits per heavy atom. The molecule has 0 aliphatic carbocycles. The Balaban J connectivity index is 2.19. The minimum absolute atomic E-state index is 0.00665. The first-order chi connectivity index (χ1) is 8.16. The number of carbonyl (C=O) groups is 1. The highest BCUT2D eigenvalue weighted by atomic mass is 32.1. The predicted octanol–water partition coefficient (Wildman–Crippen LogP) is 3.55. The molecule has 2 nitrogen and oxygen atoms in total. The highest BCUT2D eigenvalue weighted by Gasteiger charge is 2.10. The van der Waals surface area contributed by atoms with Gasteiger partial charge in [-0.3, -0.25) is 4.79 Å². The second-order valence-electron chi connectivity index (χ2n) is 4.16. The average Bonchev–Trinajstić information content (AvgIpc) is 2.78. The third-order valence-corrected chi connectivity index (χ3v) is 3.44. The van der Waals surface area contributed by atoms with Crippen molar-refractivity contribution in [3.05, 3.63) is 47.3 Å². The first kappa shape index (κ1) is 11.9. The summed E-state index contributed by atoms with van der Waals surface area (Å²) in [5.74, 6) is 0.00665. The van der Waals surface area contributed by atoms with Crippen LogP contribution in [0.15, 0.2) is 42.5 Å². The third-order valence-electron chi connectivity index (χ3n) is 2.31. The van der Waals surface area contributed by atoms with Gasteiger partial charge < -0.3 is 5.32 Å². The lowest BCUT2D eigenvalue weighted by atomic mass is 10.2. The molecule has 0 aliphatic rings. The molecule has 0 spiro atoms. The van der Waals surface area contributed by atoms with Crippen LogP contribution in [0.4, 0.5) is 0 Å². The smallest absolute Gasteiger partial charge is 0.261 e. The average molecular weight is 245 g/mol. The molecule has 0 bridgehead atoms. The Morgan fingerprint density at radius 2 is 1.82 bits per heavy atom. The van der Waals surface area contributed by atoms with Crippen molar-refractivity contribution in [2.45, 2.75) is 19.9 Å². The van der Waals surface area contributed by atoms with Gasteiger partial charge in [-0.1, -0.05) is 30.3 Å². The molecule has 1 N–H and O–H groups in total. The van der Waals surface area contributed by atoms with Gasteiger partial charge in [-0.05, 0) is 31.5 Å². The summed E-state index contributed by atoms with van der Waals surface area (Å²) in [5, 5.41) is 2.90. The second kappa shape index (κ2) is 5.15. The van der Waals surface area contributed by atoms with Crippen molar-refractivity contribution < 1.29 is 4.79 Å². The first-order valence-corrected chi connectivity index (χ1v) is 6.44. The fraction of sp³-hybridized carbons (Fsp3) is 0.214. The normalized spacial score (nSPS) is 10.5. The summed E-state index contributed by atoms with van der Waals surface area (Å²) >= 11 is 1.52. The van der Waals surface area contributed by atoms with Crippen LogP contribution in [0.2, 0.25) is 0 Å². The zero-order valence-corrected chi connectivity index (χ0v) is 10.8. The predicted molar refractivity (Wildman–Crippen MR) is 72.4 cm³/mol.